The predicted octanol–water partition coefficient (Wildman–Crippen LogP) is 3.18. The summed E-state index contributed by atoms with van der Waals surface area (Å²) in [4.78, 5) is 20.9. The van der Waals surface area contributed by atoms with Gasteiger partial charge in [-0.1, -0.05) is 18.2 Å². The van der Waals surface area contributed by atoms with Crippen molar-refractivity contribution in [2.45, 2.75) is 6.54 Å². The number of rotatable bonds is 8. The lowest BCUT2D eigenvalue weighted by molar-refractivity contribution is 0.0945. The van der Waals surface area contributed by atoms with Crippen molar-refractivity contribution in [3.05, 3.63) is 66.0 Å². The fourth-order valence-corrected chi connectivity index (χ4v) is 2.70. The van der Waals surface area contributed by atoms with Crippen LogP contribution in [0.2, 0.25) is 0 Å². The summed E-state index contributed by atoms with van der Waals surface area (Å²) in [5.41, 5.74) is 1.83. The highest BCUT2D eigenvalue weighted by atomic mass is 16.5. The summed E-state index contributed by atoms with van der Waals surface area (Å²) in [6.45, 7) is 0.325. The Bertz CT molecular complexity index is 994. The van der Waals surface area contributed by atoms with Crippen LogP contribution in [0.3, 0.4) is 0 Å². The molecule has 0 unspecified atom stereocenters. The van der Waals surface area contributed by atoms with Crippen LogP contribution in [-0.4, -0.2) is 37.2 Å². The van der Waals surface area contributed by atoms with E-state index in [1.165, 1.54) is 6.20 Å². The van der Waals surface area contributed by atoms with E-state index in [1.807, 2.05) is 24.3 Å². The number of anilines is 2. The molecule has 29 heavy (non-hydrogen) atoms. The average Bonchev–Trinajstić information content (AvgIpc) is 2.77. The van der Waals surface area contributed by atoms with Crippen LogP contribution in [0.5, 0.6) is 17.2 Å². The van der Waals surface area contributed by atoms with E-state index in [2.05, 4.69) is 20.6 Å². The van der Waals surface area contributed by atoms with Gasteiger partial charge in [0.15, 0.2) is 11.5 Å². The average molecular weight is 394 g/mol. The molecule has 150 valence electrons. The number of benzene rings is 2. The lowest BCUT2D eigenvalue weighted by Gasteiger charge is -2.11. The Balaban J connectivity index is 1.69. The van der Waals surface area contributed by atoms with Crippen molar-refractivity contribution in [3.8, 4) is 17.2 Å². The molecule has 2 N–H and O–H groups in total. The summed E-state index contributed by atoms with van der Waals surface area (Å²) >= 11 is 0. The maximum atomic E-state index is 12.5. The minimum absolute atomic E-state index is 0.248. The van der Waals surface area contributed by atoms with E-state index in [0.717, 1.165) is 5.56 Å². The monoisotopic (exact) mass is 394 g/mol. The van der Waals surface area contributed by atoms with E-state index in [0.29, 0.717) is 35.4 Å². The van der Waals surface area contributed by atoms with Crippen LogP contribution in [0, 0.1) is 0 Å². The topological polar surface area (TPSA) is 94.6 Å². The number of amides is 1. The highest BCUT2D eigenvalue weighted by Crippen LogP contribution is 2.30. The third-order valence-corrected chi connectivity index (χ3v) is 4.16. The molecule has 0 bridgehead atoms. The normalized spacial score (nSPS) is 10.2. The Morgan fingerprint density at radius 2 is 1.69 bits per heavy atom. The molecule has 3 aromatic rings. The largest absolute Gasteiger partial charge is 0.496 e. The van der Waals surface area contributed by atoms with Gasteiger partial charge in [-0.15, -0.1) is 0 Å². The van der Waals surface area contributed by atoms with Crippen molar-refractivity contribution in [2.24, 2.45) is 0 Å². The molecule has 0 fully saturated rings. The summed E-state index contributed by atoms with van der Waals surface area (Å²) in [6.07, 6.45) is 1.52. The number of carbonyl (C=O) groups is 1. The van der Waals surface area contributed by atoms with Crippen LogP contribution >= 0.6 is 0 Å². The lowest BCUT2D eigenvalue weighted by atomic mass is 10.2. The summed E-state index contributed by atoms with van der Waals surface area (Å²) in [5.74, 6) is 1.88. The quantitative estimate of drug-likeness (QED) is 0.606. The molecule has 8 heteroatoms. The minimum Gasteiger partial charge on any atom is -0.496 e. The standard InChI is InChI=1S/C21H22N4O4/c1-27-17-7-5-4-6-14(17)13-23-20(26)16-10-11-22-21(25-16)24-15-8-9-18(28-2)19(12-15)29-3/h4-12H,13H2,1-3H3,(H,23,26)(H,22,24,25). The summed E-state index contributed by atoms with van der Waals surface area (Å²) in [6, 6.07) is 14.4. The van der Waals surface area contributed by atoms with E-state index in [1.54, 1.807) is 45.6 Å². The molecular weight excluding hydrogens is 372 g/mol. The van der Waals surface area contributed by atoms with Crippen molar-refractivity contribution in [1.82, 2.24) is 15.3 Å². The smallest absolute Gasteiger partial charge is 0.270 e. The van der Waals surface area contributed by atoms with Crippen molar-refractivity contribution in [2.75, 3.05) is 26.6 Å². The van der Waals surface area contributed by atoms with Crippen LogP contribution in [-0.2, 0) is 6.54 Å². The third kappa shape index (κ3) is 4.92. The SMILES string of the molecule is COc1ccccc1CNC(=O)c1ccnc(Nc2ccc(OC)c(OC)c2)n1. The van der Waals surface area contributed by atoms with Crippen LogP contribution in [0.4, 0.5) is 11.6 Å². The molecule has 0 saturated carbocycles. The molecule has 0 aliphatic heterocycles. The fourth-order valence-electron chi connectivity index (χ4n) is 2.70. The third-order valence-electron chi connectivity index (χ3n) is 4.16. The van der Waals surface area contributed by atoms with Crippen LogP contribution in [0.25, 0.3) is 0 Å². The molecule has 0 radical (unpaired) electrons. The zero-order chi connectivity index (χ0) is 20.6. The minimum atomic E-state index is -0.311. The van der Waals surface area contributed by atoms with Gasteiger partial charge in [0.1, 0.15) is 11.4 Å². The number of aromatic nitrogens is 2. The molecule has 8 nitrogen and oxygen atoms in total. The molecule has 0 aliphatic carbocycles. The van der Waals surface area contributed by atoms with Crippen molar-refractivity contribution < 1.29 is 19.0 Å². The predicted molar refractivity (Wildman–Crippen MR) is 109 cm³/mol. The zero-order valence-electron chi connectivity index (χ0n) is 16.4. The highest BCUT2D eigenvalue weighted by Gasteiger charge is 2.11. The molecule has 0 spiro atoms. The second-order valence-corrected chi connectivity index (χ2v) is 5.95. The Morgan fingerprint density at radius 3 is 2.45 bits per heavy atom. The second-order valence-electron chi connectivity index (χ2n) is 5.95. The number of hydrogen-bond acceptors (Lipinski definition) is 7. The molecule has 1 heterocycles. The molecule has 1 aromatic heterocycles. The van der Waals surface area contributed by atoms with Gasteiger partial charge in [0, 0.05) is 30.1 Å². The van der Waals surface area contributed by atoms with E-state index >= 15 is 0 Å². The van der Waals surface area contributed by atoms with Gasteiger partial charge in [0.05, 0.1) is 21.3 Å². The number of para-hydroxylation sites is 1. The Morgan fingerprint density at radius 1 is 0.931 bits per heavy atom. The number of methoxy groups -OCH3 is 3. The van der Waals surface area contributed by atoms with Crippen molar-refractivity contribution in [1.29, 1.82) is 0 Å². The van der Waals surface area contributed by atoms with Crippen LogP contribution in [0.15, 0.2) is 54.7 Å². The van der Waals surface area contributed by atoms with Crippen molar-refractivity contribution in [3.63, 3.8) is 0 Å². The maximum Gasteiger partial charge on any atom is 0.270 e. The number of nitrogens with zero attached hydrogens (tertiary/aromatic N) is 2. The Labute approximate surface area is 168 Å². The van der Waals surface area contributed by atoms with Crippen LogP contribution in [0.1, 0.15) is 16.1 Å². The lowest BCUT2D eigenvalue weighted by Crippen LogP contribution is -2.24. The van der Waals surface area contributed by atoms with Gasteiger partial charge in [0.25, 0.3) is 5.91 Å². The molecule has 1 amide bonds. The molecular formula is C21H22N4O4. The first-order valence-electron chi connectivity index (χ1n) is 8.86. The first-order valence-corrected chi connectivity index (χ1v) is 8.86. The van der Waals surface area contributed by atoms with Gasteiger partial charge in [-0.3, -0.25) is 4.79 Å². The van der Waals surface area contributed by atoms with Gasteiger partial charge >= 0.3 is 0 Å². The number of carbonyl (C=O) groups excluding carboxylic acids is 1. The van der Waals surface area contributed by atoms with Crippen molar-refractivity contribution >= 4 is 17.5 Å². The number of ether oxygens (including phenoxy) is 3. The van der Waals surface area contributed by atoms with Crippen LogP contribution < -0.4 is 24.8 Å². The fraction of sp³-hybridized carbons (Fsp3) is 0.190. The van der Waals surface area contributed by atoms with E-state index in [-0.39, 0.29) is 11.6 Å². The van der Waals surface area contributed by atoms with Gasteiger partial charge < -0.3 is 24.8 Å². The molecule has 0 atom stereocenters. The van der Waals surface area contributed by atoms with E-state index in [9.17, 15) is 4.79 Å². The number of hydrogen-bond donors (Lipinski definition) is 2. The summed E-state index contributed by atoms with van der Waals surface area (Å²) in [7, 11) is 4.73. The highest BCUT2D eigenvalue weighted by molar-refractivity contribution is 5.92. The molecule has 0 aliphatic rings. The Kier molecular flexibility index (Phi) is 6.47. The molecule has 2 aromatic carbocycles. The summed E-state index contributed by atoms with van der Waals surface area (Å²) < 4.78 is 15.8. The van der Waals surface area contributed by atoms with E-state index < -0.39 is 0 Å². The maximum absolute atomic E-state index is 12.5. The molecule has 3 rings (SSSR count). The zero-order valence-corrected chi connectivity index (χ0v) is 16.4. The van der Waals surface area contributed by atoms with Gasteiger partial charge in [-0.2, -0.15) is 0 Å². The first kappa shape index (κ1) is 19.9. The van der Waals surface area contributed by atoms with Gasteiger partial charge in [-0.25, -0.2) is 9.97 Å². The van der Waals surface area contributed by atoms with Gasteiger partial charge in [-0.05, 0) is 24.3 Å². The first-order chi connectivity index (χ1) is 14.1. The number of nitrogens with one attached hydrogen (secondary N) is 2. The van der Waals surface area contributed by atoms with E-state index in [4.69, 9.17) is 14.2 Å². The van der Waals surface area contributed by atoms with Gasteiger partial charge in [0.2, 0.25) is 5.95 Å². The summed E-state index contributed by atoms with van der Waals surface area (Å²) in [5, 5.41) is 5.90. The Hall–Kier alpha value is -3.81. The molecule has 0 saturated heterocycles. The second kappa shape index (κ2) is 9.41.